The molecule has 154 valence electrons. The maximum absolute atomic E-state index is 12.6. The molecule has 0 spiro atoms. The summed E-state index contributed by atoms with van der Waals surface area (Å²) in [5, 5.41) is 0.348. The van der Waals surface area contributed by atoms with E-state index < -0.39 is 0 Å². The average molecular weight is 409 g/mol. The number of Topliss-reactive ketones (excluding diaryl/α,β-unsaturated/α-hetero) is 1. The predicted molar refractivity (Wildman–Crippen MR) is 109 cm³/mol. The third kappa shape index (κ3) is 4.78. The van der Waals surface area contributed by atoms with E-state index >= 15 is 0 Å². The zero-order valence-electron chi connectivity index (χ0n) is 16.7. The van der Waals surface area contributed by atoms with Crippen LogP contribution in [0.1, 0.15) is 48.9 Å². The monoisotopic (exact) mass is 408 g/mol. The van der Waals surface area contributed by atoms with Gasteiger partial charge in [-0.2, -0.15) is 0 Å². The van der Waals surface area contributed by atoms with Gasteiger partial charge in [0.2, 0.25) is 5.91 Å². The molecule has 1 aromatic carbocycles. The molecule has 1 saturated heterocycles. The van der Waals surface area contributed by atoms with E-state index in [0.717, 1.165) is 26.2 Å². The predicted octanol–water partition coefficient (Wildman–Crippen LogP) is 3.41. The van der Waals surface area contributed by atoms with Gasteiger partial charge in [-0.1, -0.05) is 24.4 Å². The summed E-state index contributed by atoms with van der Waals surface area (Å²) in [7, 11) is 3.00. The fraction of sp³-hybridized carbons (Fsp3) is 0.619. The number of amides is 1. The molecule has 1 aromatic rings. The number of hydrogen-bond donors (Lipinski definition) is 0. The summed E-state index contributed by atoms with van der Waals surface area (Å²) in [4.78, 5) is 29.6. The van der Waals surface area contributed by atoms with E-state index in [0.29, 0.717) is 28.1 Å². The first kappa shape index (κ1) is 20.9. The third-order valence-electron chi connectivity index (χ3n) is 5.85. The summed E-state index contributed by atoms with van der Waals surface area (Å²) >= 11 is 6.14. The van der Waals surface area contributed by atoms with Gasteiger partial charge >= 0.3 is 0 Å². The molecule has 0 bridgehead atoms. The number of rotatable bonds is 7. The number of methoxy groups -OCH3 is 2. The number of piperazine rings is 1. The fourth-order valence-corrected chi connectivity index (χ4v) is 4.44. The fourth-order valence-electron chi connectivity index (χ4n) is 4.20. The van der Waals surface area contributed by atoms with Gasteiger partial charge in [0, 0.05) is 51.1 Å². The van der Waals surface area contributed by atoms with Crippen LogP contribution < -0.4 is 9.47 Å². The Morgan fingerprint density at radius 3 is 2.25 bits per heavy atom. The van der Waals surface area contributed by atoms with Crippen LogP contribution in [0.15, 0.2) is 12.1 Å². The first-order chi connectivity index (χ1) is 13.5. The Hall–Kier alpha value is -1.79. The quantitative estimate of drug-likeness (QED) is 0.647. The number of ketones is 1. The maximum Gasteiger partial charge on any atom is 0.223 e. The van der Waals surface area contributed by atoms with E-state index in [-0.39, 0.29) is 24.5 Å². The second-order valence-corrected chi connectivity index (χ2v) is 7.87. The number of halogens is 1. The van der Waals surface area contributed by atoms with Gasteiger partial charge in [-0.25, -0.2) is 0 Å². The van der Waals surface area contributed by atoms with E-state index in [1.165, 1.54) is 39.9 Å². The second kappa shape index (κ2) is 9.61. The molecule has 7 heteroatoms. The van der Waals surface area contributed by atoms with Gasteiger partial charge < -0.3 is 14.4 Å². The Morgan fingerprint density at radius 2 is 1.64 bits per heavy atom. The summed E-state index contributed by atoms with van der Waals surface area (Å²) in [6.07, 6.45) is 5.56. The molecular weight excluding hydrogens is 380 g/mol. The lowest BCUT2D eigenvalue weighted by molar-refractivity contribution is -0.133. The van der Waals surface area contributed by atoms with Crippen molar-refractivity contribution in [2.75, 3.05) is 40.4 Å². The van der Waals surface area contributed by atoms with Gasteiger partial charge in [0.1, 0.15) is 11.5 Å². The highest BCUT2D eigenvalue weighted by molar-refractivity contribution is 6.32. The molecule has 1 aliphatic heterocycles. The summed E-state index contributed by atoms with van der Waals surface area (Å²) in [5.41, 5.74) is 0.382. The van der Waals surface area contributed by atoms with E-state index in [4.69, 9.17) is 21.1 Å². The highest BCUT2D eigenvalue weighted by Gasteiger charge is 2.28. The Morgan fingerprint density at radius 1 is 1.00 bits per heavy atom. The minimum atomic E-state index is -0.153. The number of carbonyl (C=O) groups excluding carboxylic acids is 2. The maximum atomic E-state index is 12.6. The normalized spacial score (nSPS) is 18.3. The summed E-state index contributed by atoms with van der Waals surface area (Å²) in [6, 6.07) is 3.84. The molecular formula is C21H29ClN2O4. The van der Waals surface area contributed by atoms with Gasteiger partial charge in [0.05, 0.1) is 24.8 Å². The molecule has 28 heavy (non-hydrogen) atoms. The summed E-state index contributed by atoms with van der Waals surface area (Å²) in [5.74, 6) is 0.743. The number of benzene rings is 1. The zero-order valence-corrected chi connectivity index (χ0v) is 17.5. The molecule has 0 aromatic heterocycles. The van der Waals surface area contributed by atoms with Crippen molar-refractivity contribution < 1.29 is 19.1 Å². The molecule has 1 amide bonds. The lowest BCUT2D eigenvalue weighted by Crippen LogP contribution is -2.51. The Kier molecular flexibility index (Phi) is 7.18. The standard InChI is InChI=1S/C21H29ClN2O4/c1-27-19-14-20(28-2)17(22)13-16(19)18(25)7-8-21(26)24-11-9-23(10-12-24)15-5-3-4-6-15/h13-15H,3-12H2,1-2H3. The van der Waals surface area contributed by atoms with Crippen molar-refractivity contribution in [3.05, 3.63) is 22.7 Å². The minimum Gasteiger partial charge on any atom is -0.496 e. The van der Waals surface area contributed by atoms with E-state index in [1.54, 1.807) is 12.1 Å². The van der Waals surface area contributed by atoms with Crippen molar-refractivity contribution >= 4 is 23.3 Å². The minimum absolute atomic E-state index is 0.0398. The van der Waals surface area contributed by atoms with Crippen LogP contribution in [0.25, 0.3) is 0 Å². The van der Waals surface area contributed by atoms with E-state index in [9.17, 15) is 9.59 Å². The van der Waals surface area contributed by atoms with Gasteiger partial charge in [-0.3, -0.25) is 14.5 Å². The molecule has 0 atom stereocenters. The topological polar surface area (TPSA) is 59.1 Å². The van der Waals surface area contributed by atoms with E-state index in [2.05, 4.69) is 4.90 Å². The molecule has 6 nitrogen and oxygen atoms in total. The van der Waals surface area contributed by atoms with Crippen LogP contribution in [0.3, 0.4) is 0 Å². The van der Waals surface area contributed by atoms with Crippen LogP contribution in [0.4, 0.5) is 0 Å². The molecule has 1 aliphatic carbocycles. The van der Waals surface area contributed by atoms with Crippen molar-refractivity contribution in [2.24, 2.45) is 0 Å². The molecule has 0 unspecified atom stereocenters. The number of carbonyl (C=O) groups is 2. The third-order valence-corrected chi connectivity index (χ3v) is 6.14. The van der Waals surface area contributed by atoms with Crippen molar-refractivity contribution in [1.82, 2.24) is 9.80 Å². The molecule has 2 fully saturated rings. The number of ether oxygens (including phenoxy) is 2. The van der Waals surface area contributed by atoms with Crippen molar-refractivity contribution in [2.45, 2.75) is 44.6 Å². The van der Waals surface area contributed by atoms with Crippen LogP contribution in [0.2, 0.25) is 5.02 Å². The molecule has 1 heterocycles. The molecule has 3 rings (SSSR count). The molecule has 2 aliphatic rings. The highest BCUT2D eigenvalue weighted by Crippen LogP contribution is 2.33. The van der Waals surface area contributed by atoms with Crippen molar-refractivity contribution in [3.8, 4) is 11.5 Å². The first-order valence-electron chi connectivity index (χ1n) is 10.00. The van der Waals surface area contributed by atoms with Crippen LogP contribution in [-0.4, -0.2) is 67.9 Å². The summed E-state index contributed by atoms with van der Waals surface area (Å²) in [6.45, 7) is 3.38. The average Bonchev–Trinajstić information content (AvgIpc) is 3.26. The Balaban J connectivity index is 1.52. The van der Waals surface area contributed by atoms with Gasteiger partial charge in [-0.15, -0.1) is 0 Å². The van der Waals surface area contributed by atoms with Gasteiger partial charge in [-0.05, 0) is 18.9 Å². The SMILES string of the molecule is COc1cc(OC)c(C(=O)CCC(=O)N2CCN(C3CCCC3)CC2)cc1Cl. The van der Waals surface area contributed by atoms with Gasteiger partial charge in [0.25, 0.3) is 0 Å². The molecule has 1 saturated carbocycles. The lowest BCUT2D eigenvalue weighted by atomic mass is 10.0. The largest absolute Gasteiger partial charge is 0.496 e. The smallest absolute Gasteiger partial charge is 0.223 e. The number of nitrogens with zero attached hydrogens (tertiary/aromatic N) is 2. The Bertz CT molecular complexity index is 711. The zero-order chi connectivity index (χ0) is 20.1. The molecule has 0 N–H and O–H groups in total. The first-order valence-corrected chi connectivity index (χ1v) is 10.4. The lowest BCUT2D eigenvalue weighted by Gasteiger charge is -2.38. The van der Waals surface area contributed by atoms with Crippen LogP contribution in [0.5, 0.6) is 11.5 Å². The van der Waals surface area contributed by atoms with Crippen LogP contribution in [-0.2, 0) is 4.79 Å². The number of hydrogen-bond acceptors (Lipinski definition) is 5. The van der Waals surface area contributed by atoms with Gasteiger partial charge in [0.15, 0.2) is 5.78 Å². The van der Waals surface area contributed by atoms with Crippen LogP contribution in [0, 0.1) is 0 Å². The van der Waals surface area contributed by atoms with Crippen LogP contribution >= 0.6 is 11.6 Å². The van der Waals surface area contributed by atoms with E-state index in [1.807, 2.05) is 4.90 Å². The Labute approximate surface area is 171 Å². The highest BCUT2D eigenvalue weighted by atomic mass is 35.5. The van der Waals surface area contributed by atoms with Crippen molar-refractivity contribution in [3.63, 3.8) is 0 Å². The second-order valence-electron chi connectivity index (χ2n) is 7.47. The molecule has 0 radical (unpaired) electrons. The summed E-state index contributed by atoms with van der Waals surface area (Å²) < 4.78 is 10.4. The van der Waals surface area contributed by atoms with Crippen molar-refractivity contribution in [1.29, 1.82) is 0 Å².